The lowest BCUT2D eigenvalue weighted by atomic mass is 10.3. The van der Waals surface area contributed by atoms with Crippen LogP contribution in [0.15, 0.2) is 6.20 Å². The van der Waals surface area contributed by atoms with Crippen molar-refractivity contribution in [3.63, 3.8) is 0 Å². The van der Waals surface area contributed by atoms with Crippen molar-refractivity contribution < 1.29 is 19.7 Å². The summed E-state index contributed by atoms with van der Waals surface area (Å²) in [6.07, 6.45) is 0.404. The third-order valence-electron chi connectivity index (χ3n) is 1.60. The van der Waals surface area contributed by atoms with Gasteiger partial charge in [0.25, 0.3) is 0 Å². The summed E-state index contributed by atoms with van der Waals surface area (Å²) >= 11 is 0. The molecule has 0 saturated carbocycles. The number of aliphatic hydroxyl groups is 1. The van der Waals surface area contributed by atoms with Gasteiger partial charge in [0.05, 0.1) is 18.5 Å². The highest BCUT2D eigenvalue weighted by atomic mass is 16.5. The smallest absolute Gasteiger partial charge is 0.325 e. The van der Waals surface area contributed by atoms with Crippen LogP contribution >= 0.6 is 0 Å². The summed E-state index contributed by atoms with van der Waals surface area (Å²) < 4.78 is 5.84. The van der Waals surface area contributed by atoms with Crippen LogP contribution in [0.3, 0.4) is 0 Å². The van der Waals surface area contributed by atoms with Crippen molar-refractivity contribution in [2.45, 2.75) is 12.6 Å². The Morgan fingerprint density at radius 3 is 3.07 bits per heavy atom. The van der Waals surface area contributed by atoms with E-state index in [1.165, 1.54) is 13.3 Å². The number of hydrogen-bond acceptors (Lipinski definition) is 5. The fourth-order valence-electron chi connectivity index (χ4n) is 1.02. The molecule has 0 aromatic carbocycles. The molecule has 0 unspecified atom stereocenters. The van der Waals surface area contributed by atoms with Crippen molar-refractivity contribution in [1.82, 2.24) is 15.0 Å². The first-order valence-corrected chi connectivity index (χ1v) is 3.92. The Kier molecular flexibility index (Phi) is 3.55. The van der Waals surface area contributed by atoms with Gasteiger partial charge in [-0.25, -0.2) is 4.68 Å². The molecule has 1 atom stereocenters. The number of carboxylic acids is 1. The zero-order valence-electron chi connectivity index (χ0n) is 7.62. The molecule has 7 nitrogen and oxygen atoms in total. The Bertz CT molecular complexity index is 312. The van der Waals surface area contributed by atoms with Crippen molar-refractivity contribution >= 4 is 5.97 Å². The maximum Gasteiger partial charge on any atom is 0.325 e. The van der Waals surface area contributed by atoms with Gasteiger partial charge < -0.3 is 14.9 Å². The highest BCUT2D eigenvalue weighted by Crippen LogP contribution is 2.10. The van der Waals surface area contributed by atoms with Crippen LogP contribution in [-0.2, 0) is 16.1 Å². The van der Waals surface area contributed by atoms with Gasteiger partial charge in [-0.15, -0.1) is 5.10 Å². The van der Waals surface area contributed by atoms with Gasteiger partial charge in [0, 0.05) is 7.11 Å². The summed E-state index contributed by atoms with van der Waals surface area (Å²) in [7, 11) is 1.44. The molecule has 1 aromatic heterocycles. The third kappa shape index (κ3) is 2.51. The minimum absolute atomic E-state index is 0.0764. The molecule has 0 radical (unpaired) electrons. The average Bonchev–Trinajstić information content (AvgIpc) is 2.51. The van der Waals surface area contributed by atoms with E-state index in [4.69, 9.17) is 9.84 Å². The first kappa shape index (κ1) is 10.6. The molecule has 14 heavy (non-hydrogen) atoms. The summed E-state index contributed by atoms with van der Waals surface area (Å²) in [5.74, 6) is -1.04. The summed E-state index contributed by atoms with van der Waals surface area (Å²) in [5.41, 5.74) is 0.328. The summed E-state index contributed by atoms with van der Waals surface area (Å²) in [5, 5.41) is 25.0. The fraction of sp³-hybridized carbons (Fsp3) is 0.571. The Hall–Kier alpha value is -1.47. The molecule has 0 fully saturated rings. The molecule has 1 aromatic rings. The third-order valence-corrected chi connectivity index (χ3v) is 1.60. The monoisotopic (exact) mass is 201 g/mol. The molecule has 0 bridgehead atoms. The number of methoxy groups -OCH3 is 1. The van der Waals surface area contributed by atoms with Crippen LogP contribution in [-0.4, -0.2) is 44.9 Å². The van der Waals surface area contributed by atoms with Crippen LogP contribution in [0.5, 0.6) is 0 Å². The Balaban J connectivity index is 2.75. The minimum Gasteiger partial charge on any atom is -0.480 e. The predicted octanol–water partition coefficient (Wildman–Crippen LogP) is -0.958. The minimum atomic E-state index is -1.04. The van der Waals surface area contributed by atoms with Crippen LogP contribution in [0.1, 0.15) is 11.8 Å². The molecule has 0 aliphatic carbocycles. The van der Waals surface area contributed by atoms with Crippen molar-refractivity contribution in [1.29, 1.82) is 0 Å². The number of rotatable bonds is 5. The first-order valence-electron chi connectivity index (χ1n) is 3.92. The van der Waals surface area contributed by atoms with E-state index in [0.717, 1.165) is 4.68 Å². The topological polar surface area (TPSA) is 97.5 Å². The highest BCUT2D eigenvalue weighted by Gasteiger charge is 2.15. The molecule has 1 rings (SSSR count). The van der Waals surface area contributed by atoms with Gasteiger partial charge in [-0.2, -0.15) is 0 Å². The number of aliphatic hydroxyl groups excluding tert-OH is 1. The van der Waals surface area contributed by atoms with E-state index in [0.29, 0.717) is 5.69 Å². The zero-order valence-corrected chi connectivity index (χ0v) is 7.62. The number of aliphatic carboxylic acids is 1. The molecule has 0 saturated heterocycles. The molecule has 78 valence electrons. The molecule has 0 amide bonds. The maximum atomic E-state index is 10.4. The van der Waals surface area contributed by atoms with Gasteiger partial charge in [-0.3, -0.25) is 4.79 Å². The molecule has 7 heteroatoms. The lowest BCUT2D eigenvalue weighted by Crippen LogP contribution is -2.17. The fourth-order valence-corrected chi connectivity index (χ4v) is 1.02. The van der Waals surface area contributed by atoms with E-state index in [1.54, 1.807) is 0 Å². The predicted molar refractivity (Wildman–Crippen MR) is 44.5 cm³/mol. The quantitative estimate of drug-likeness (QED) is 0.637. The largest absolute Gasteiger partial charge is 0.480 e. The van der Waals surface area contributed by atoms with Crippen LogP contribution in [0.25, 0.3) is 0 Å². The Labute approximate surface area is 79.9 Å². The van der Waals surface area contributed by atoms with Gasteiger partial charge in [0.15, 0.2) is 0 Å². The van der Waals surface area contributed by atoms with Crippen LogP contribution < -0.4 is 0 Å². The van der Waals surface area contributed by atoms with E-state index in [-0.39, 0.29) is 13.2 Å². The van der Waals surface area contributed by atoms with Crippen molar-refractivity contribution in [2.24, 2.45) is 0 Å². The maximum absolute atomic E-state index is 10.4. The second kappa shape index (κ2) is 4.68. The molecule has 1 heterocycles. The van der Waals surface area contributed by atoms with Crippen LogP contribution in [0.4, 0.5) is 0 Å². The van der Waals surface area contributed by atoms with Gasteiger partial charge in [-0.1, -0.05) is 5.21 Å². The standard InChI is InChI=1S/C7H11N3O4/c1-14-4-6(11)5-2-8-9-10(5)3-7(12)13/h2,6,11H,3-4H2,1H3,(H,12,13)/t6-/m1/s1. The summed E-state index contributed by atoms with van der Waals surface area (Å²) in [4.78, 5) is 10.4. The van der Waals surface area contributed by atoms with Crippen LogP contribution in [0, 0.1) is 0 Å². The van der Waals surface area contributed by atoms with Gasteiger partial charge >= 0.3 is 5.97 Å². The average molecular weight is 201 g/mol. The summed E-state index contributed by atoms with van der Waals surface area (Å²) in [6, 6.07) is 0. The number of nitrogens with zero attached hydrogens (tertiary/aromatic N) is 3. The number of hydrogen-bond donors (Lipinski definition) is 2. The normalized spacial score (nSPS) is 12.7. The first-order chi connectivity index (χ1) is 6.65. The zero-order chi connectivity index (χ0) is 10.6. The van der Waals surface area contributed by atoms with Crippen molar-refractivity contribution in [3.05, 3.63) is 11.9 Å². The van der Waals surface area contributed by atoms with E-state index >= 15 is 0 Å². The molecular weight excluding hydrogens is 190 g/mol. The second-order valence-corrected chi connectivity index (χ2v) is 2.68. The Morgan fingerprint density at radius 2 is 2.50 bits per heavy atom. The highest BCUT2D eigenvalue weighted by molar-refractivity contribution is 5.66. The van der Waals surface area contributed by atoms with E-state index in [2.05, 4.69) is 10.3 Å². The van der Waals surface area contributed by atoms with Crippen molar-refractivity contribution in [3.8, 4) is 0 Å². The molecular formula is C7H11N3O4. The summed E-state index contributed by atoms with van der Waals surface area (Å²) in [6.45, 7) is -0.247. The number of ether oxygens (including phenoxy) is 1. The van der Waals surface area contributed by atoms with Gasteiger partial charge in [0.2, 0.25) is 0 Å². The second-order valence-electron chi connectivity index (χ2n) is 2.68. The van der Waals surface area contributed by atoms with E-state index in [9.17, 15) is 9.90 Å². The Morgan fingerprint density at radius 1 is 1.79 bits per heavy atom. The molecule has 0 spiro atoms. The molecule has 0 aliphatic rings. The van der Waals surface area contributed by atoms with Gasteiger partial charge in [0.1, 0.15) is 12.6 Å². The SMILES string of the molecule is COC[C@@H](O)c1cnnn1CC(=O)O. The van der Waals surface area contributed by atoms with Gasteiger partial charge in [-0.05, 0) is 0 Å². The number of carbonyl (C=O) groups is 1. The number of aromatic nitrogens is 3. The van der Waals surface area contributed by atoms with Crippen molar-refractivity contribution in [2.75, 3.05) is 13.7 Å². The van der Waals surface area contributed by atoms with E-state index < -0.39 is 12.1 Å². The molecule has 0 aliphatic heterocycles. The molecule has 2 N–H and O–H groups in total. The lowest BCUT2D eigenvalue weighted by Gasteiger charge is -2.09. The number of carboxylic acid groups (broad SMARTS) is 1. The van der Waals surface area contributed by atoms with Crippen LogP contribution in [0.2, 0.25) is 0 Å². The van der Waals surface area contributed by atoms with E-state index in [1.807, 2.05) is 0 Å². The lowest BCUT2D eigenvalue weighted by molar-refractivity contribution is -0.138.